The number of carbonyl (C=O) groups excluding carboxylic acids is 3. The molecule has 0 radical (unpaired) electrons. The Morgan fingerprint density at radius 1 is 1.44 bits per heavy atom. The van der Waals surface area contributed by atoms with E-state index in [0.29, 0.717) is 18.4 Å². The van der Waals surface area contributed by atoms with Crippen LogP contribution in [0.15, 0.2) is 11.6 Å². The number of urea groups is 1. The second-order valence-corrected chi connectivity index (χ2v) is 4.90. The highest BCUT2D eigenvalue weighted by atomic mass is 16.3. The highest BCUT2D eigenvalue weighted by molar-refractivity contribution is 6.20. The summed E-state index contributed by atoms with van der Waals surface area (Å²) in [6.45, 7) is 1.50. The van der Waals surface area contributed by atoms with Crippen LogP contribution in [0, 0.1) is 5.41 Å². The fourth-order valence-corrected chi connectivity index (χ4v) is 2.43. The lowest BCUT2D eigenvalue weighted by molar-refractivity contribution is -0.146. The molecule has 6 nitrogen and oxygen atoms in total. The maximum Gasteiger partial charge on any atom is 0.330 e. The van der Waals surface area contributed by atoms with Gasteiger partial charge in [-0.2, -0.15) is 0 Å². The third-order valence-corrected chi connectivity index (χ3v) is 3.69. The Balaban J connectivity index is 2.42. The van der Waals surface area contributed by atoms with Crippen LogP contribution in [-0.2, 0) is 9.59 Å². The Bertz CT molecular complexity index is 457. The third kappa shape index (κ3) is 1.73. The van der Waals surface area contributed by atoms with Crippen LogP contribution in [0.5, 0.6) is 0 Å². The predicted molar refractivity (Wildman–Crippen MR) is 62.4 cm³/mol. The summed E-state index contributed by atoms with van der Waals surface area (Å²) in [5.41, 5.74) is -0.799. The molecule has 6 heteroatoms. The summed E-state index contributed by atoms with van der Waals surface area (Å²) in [4.78, 5) is 36.4. The molecule has 2 atom stereocenters. The summed E-state index contributed by atoms with van der Waals surface area (Å²) in [5, 5.41) is 11.8. The molecule has 1 heterocycles. The van der Waals surface area contributed by atoms with Gasteiger partial charge in [0.2, 0.25) is 11.8 Å². The summed E-state index contributed by atoms with van der Waals surface area (Å²) >= 11 is 0. The topological polar surface area (TPSA) is 86.7 Å². The lowest BCUT2D eigenvalue weighted by atomic mass is 9.74. The smallest absolute Gasteiger partial charge is 0.330 e. The first-order valence-corrected chi connectivity index (χ1v) is 5.90. The molecule has 2 aliphatic rings. The van der Waals surface area contributed by atoms with Crippen LogP contribution >= 0.6 is 0 Å². The Hall–Kier alpha value is -1.69. The minimum atomic E-state index is -1.38. The second kappa shape index (κ2) is 4.20. The lowest BCUT2D eigenvalue weighted by Crippen LogP contribution is -2.62. The summed E-state index contributed by atoms with van der Waals surface area (Å²) in [7, 11) is 1.34. The van der Waals surface area contributed by atoms with Gasteiger partial charge in [0.1, 0.15) is 5.41 Å². The van der Waals surface area contributed by atoms with Gasteiger partial charge in [-0.1, -0.05) is 6.08 Å². The molecule has 98 valence electrons. The minimum Gasteiger partial charge on any atom is -0.389 e. The largest absolute Gasteiger partial charge is 0.389 e. The molecule has 2 N–H and O–H groups in total. The highest BCUT2D eigenvalue weighted by Crippen LogP contribution is 2.37. The van der Waals surface area contributed by atoms with E-state index in [0.717, 1.165) is 11.3 Å². The molecule has 0 aromatic rings. The van der Waals surface area contributed by atoms with Crippen molar-refractivity contribution in [2.75, 3.05) is 7.05 Å². The number of hydrogen-bond acceptors (Lipinski definition) is 4. The molecule has 0 aromatic carbocycles. The molecule has 1 aliphatic heterocycles. The van der Waals surface area contributed by atoms with Gasteiger partial charge in [0.15, 0.2) is 0 Å². The first-order valence-electron chi connectivity index (χ1n) is 5.90. The zero-order valence-corrected chi connectivity index (χ0v) is 10.4. The van der Waals surface area contributed by atoms with Gasteiger partial charge in [-0.15, -0.1) is 0 Å². The number of aliphatic hydroxyl groups is 1. The molecular weight excluding hydrogens is 236 g/mol. The Morgan fingerprint density at radius 3 is 2.72 bits per heavy atom. The maximum absolute atomic E-state index is 12.2. The molecule has 1 fully saturated rings. The van der Waals surface area contributed by atoms with Crippen LogP contribution in [0.4, 0.5) is 4.79 Å². The van der Waals surface area contributed by atoms with E-state index in [9.17, 15) is 19.5 Å². The van der Waals surface area contributed by atoms with Crippen LogP contribution in [0.2, 0.25) is 0 Å². The van der Waals surface area contributed by atoms with Crippen molar-refractivity contribution in [3.63, 3.8) is 0 Å². The number of nitrogens with zero attached hydrogens (tertiary/aromatic N) is 1. The van der Waals surface area contributed by atoms with Crippen molar-refractivity contribution in [3.8, 4) is 0 Å². The first kappa shape index (κ1) is 12.8. The van der Waals surface area contributed by atoms with E-state index in [4.69, 9.17) is 0 Å². The van der Waals surface area contributed by atoms with Gasteiger partial charge in [0.25, 0.3) is 0 Å². The Labute approximate surface area is 105 Å². The van der Waals surface area contributed by atoms with Crippen molar-refractivity contribution in [1.82, 2.24) is 10.2 Å². The fraction of sp³-hybridized carbons (Fsp3) is 0.583. The van der Waals surface area contributed by atoms with Gasteiger partial charge < -0.3 is 5.11 Å². The van der Waals surface area contributed by atoms with Crippen LogP contribution in [0.25, 0.3) is 0 Å². The number of carbonyl (C=O) groups is 3. The summed E-state index contributed by atoms with van der Waals surface area (Å²) in [6, 6.07) is -0.709. The van der Waals surface area contributed by atoms with E-state index in [1.165, 1.54) is 14.0 Å². The van der Waals surface area contributed by atoms with Gasteiger partial charge in [0.05, 0.1) is 6.10 Å². The van der Waals surface area contributed by atoms with Crippen molar-refractivity contribution < 1.29 is 19.5 Å². The van der Waals surface area contributed by atoms with Gasteiger partial charge in [-0.25, -0.2) is 4.79 Å². The number of hydrogen-bond donors (Lipinski definition) is 2. The lowest BCUT2D eigenvalue weighted by Gasteiger charge is -2.38. The number of rotatable bonds is 1. The first-order chi connectivity index (χ1) is 8.37. The number of barbiturate groups is 1. The molecule has 1 aliphatic carbocycles. The van der Waals surface area contributed by atoms with E-state index < -0.39 is 29.4 Å². The zero-order chi connectivity index (χ0) is 13.5. The van der Waals surface area contributed by atoms with Crippen molar-refractivity contribution in [3.05, 3.63) is 11.6 Å². The average Bonchev–Trinajstić information content (AvgIpc) is 2.34. The van der Waals surface area contributed by atoms with Crippen molar-refractivity contribution >= 4 is 17.8 Å². The average molecular weight is 252 g/mol. The molecule has 2 unspecified atom stereocenters. The van der Waals surface area contributed by atoms with E-state index >= 15 is 0 Å². The molecule has 1 saturated heterocycles. The monoisotopic (exact) mass is 252 g/mol. The summed E-state index contributed by atoms with van der Waals surface area (Å²) < 4.78 is 0. The minimum absolute atomic E-state index is 0.545. The Morgan fingerprint density at radius 2 is 2.11 bits per heavy atom. The zero-order valence-electron chi connectivity index (χ0n) is 10.4. The highest BCUT2D eigenvalue weighted by Gasteiger charge is 2.51. The van der Waals surface area contributed by atoms with E-state index in [2.05, 4.69) is 5.32 Å². The summed E-state index contributed by atoms with van der Waals surface area (Å²) in [6.07, 6.45) is 2.86. The quantitative estimate of drug-likeness (QED) is 0.514. The normalized spacial score (nSPS) is 33.3. The molecule has 0 aromatic heterocycles. The predicted octanol–water partition coefficient (Wildman–Crippen LogP) is 0.172. The van der Waals surface area contributed by atoms with E-state index in [1.807, 2.05) is 0 Å². The van der Waals surface area contributed by atoms with Gasteiger partial charge in [-0.05, 0) is 31.8 Å². The molecule has 2 rings (SSSR count). The SMILES string of the molecule is CN1C(=O)NC(=O)C(C)(C2=CC(O)CCC2)C1=O. The summed E-state index contributed by atoms with van der Waals surface area (Å²) in [5.74, 6) is -1.16. The van der Waals surface area contributed by atoms with Crippen LogP contribution in [0.1, 0.15) is 26.2 Å². The molecule has 0 spiro atoms. The number of imide groups is 2. The van der Waals surface area contributed by atoms with Crippen LogP contribution in [-0.4, -0.2) is 41.0 Å². The maximum atomic E-state index is 12.2. The van der Waals surface area contributed by atoms with Crippen molar-refractivity contribution in [2.45, 2.75) is 32.3 Å². The molecule has 0 saturated carbocycles. The number of aliphatic hydroxyl groups excluding tert-OH is 1. The van der Waals surface area contributed by atoms with Gasteiger partial charge >= 0.3 is 6.03 Å². The van der Waals surface area contributed by atoms with Crippen molar-refractivity contribution in [1.29, 1.82) is 0 Å². The Kier molecular flexibility index (Phi) is 2.98. The molecule has 18 heavy (non-hydrogen) atoms. The van der Waals surface area contributed by atoms with Crippen molar-refractivity contribution in [2.24, 2.45) is 5.41 Å². The van der Waals surface area contributed by atoms with Gasteiger partial charge in [-0.3, -0.25) is 19.8 Å². The molecule has 0 bridgehead atoms. The standard InChI is InChI=1S/C12H16N2O4/c1-12(7-4-3-5-8(15)6-7)9(16)13-11(18)14(2)10(12)17/h6,8,15H,3-5H2,1-2H3,(H,13,16,18). The van der Waals surface area contributed by atoms with E-state index in [1.54, 1.807) is 6.08 Å². The number of amides is 4. The van der Waals surface area contributed by atoms with Crippen LogP contribution in [0.3, 0.4) is 0 Å². The third-order valence-electron chi connectivity index (χ3n) is 3.69. The van der Waals surface area contributed by atoms with E-state index in [-0.39, 0.29) is 0 Å². The second-order valence-electron chi connectivity index (χ2n) is 4.90. The fourth-order valence-electron chi connectivity index (χ4n) is 2.43. The molecular formula is C12H16N2O4. The van der Waals surface area contributed by atoms with Crippen LogP contribution < -0.4 is 5.32 Å². The molecule has 4 amide bonds. The van der Waals surface area contributed by atoms with Gasteiger partial charge in [0, 0.05) is 7.05 Å². The number of nitrogens with one attached hydrogen (secondary N) is 1.